The molecule has 1 aromatic carbocycles. The first kappa shape index (κ1) is 11.7. The second-order valence-electron chi connectivity index (χ2n) is 3.16. The molecule has 0 saturated heterocycles. The van der Waals surface area contributed by atoms with E-state index in [-0.39, 0.29) is 10.5 Å². The maximum absolute atomic E-state index is 12.7. The average Bonchev–Trinajstić information content (AvgIpc) is 2.16. The minimum absolute atomic E-state index is 0.0336. The molecule has 0 bridgehead atoms. The van der Waals surface area contributed by atoms with Gasteiger partial charge in [0.05, 0.1) is 0 Å². The first-order chi connectivity index (χ1) is 7.38. The van der Waals surface area contributed by atoms with Crippen molar-refractivity contribution in [1.82, 2.24) is 4.98 Å². The third-order valence-corrected chi connectivity index (χ3v) is 2.72. The number of benzene rings is 1. The number of rotatable bonds is 0. The minimum Gasteiger partial charge on any atom is -0.231 e. The molecule has 16 heavy (non-hydrogen) atoms. The number of hydrogen-bond donors (Lipinski definition) is 0. The van der Waals surface area contributed by atoms with Gasteiger partial charge in [-0.3, -0.25) is 0 Å². The Labute approximate surface area is 102 Å². The van der Waals surface area contributed by atoms with Crippen molar-refractivity contribution in [3.63, 3.8) is 0 Å². The zero-order valence-corrected chi connectivity index (χ0v) is 9.99. The molecule has 0 unspecified atom stereocenters. The van der Waals surface area contributed by atoms with Gasteiger partial charge >= 0.3 is 6.18 Å². The van der Waals surface area contributed by atoms with Crippen LogP contribution < -0.4 is 0 Å². The van der Waals surface area contributed by atoms with Gasteiger partial charge in [0.25, 0.3) is 0 Å². The molecule has 0 atom stereocenters. The van der Waals surface area contributed by atoms with E-state index in [0.29, 0.717) is 9.86 Å². The summed E-state index contributed by atoms with van der Waals surface area (Å²) in [6.07, 6.45) is -4.51. The predicted molar refractivity (Wildman–Crippen MR) is 59.5 cm³/mol. The molecule has 2 aromatic rings. The van der Waals surface area contributed by atoms with Gasteiger partial charge in [0.15, 0.2) is 5.69 Å². The maximum Gasteiger partial charge on any atom is 0.434 e. The van der Waals surface area contributed by atoms with Crippen molar-refractivity contribution in [2.75, 3.05) is 0 Å². The van der Waals surface area contributed by atoms with E-state index in [0.717, 1.165) is 0 Å². The fourth-order valence-corrected chi connectivity index (χ4v) is 1.97. The molecule has 1 nitrogen and oxygen atoms in total. The first-order valence-corrected chi connectivity index (χ1v) is 5.38. The summed E-state index contributed by atoms with van der Waals surface area (Å²) in [5, 5.41) is 0.281. The Morgan fingerprint density at radius 3 is 2.50 bits per heavy atom. The molecule has 6 heteroatoms. The first-order valence-electron chi connectivity index (χ1n) is 4.21. The van der Waals surface area contributed by atoms with Crippen LogP contribution in [0.25, 0.3) is 10.8 Å². The van der Waals surface area contributed by atoms with E-state index in [9.17, 15) is 13.2 Å². The van der Waals surface area contributed by atoms with Gasteiger partial charge in [-0.05, 0) is 23.6 Å². The molecule has 1 aromatic heterocycles. The Hall–Kier alpha value is -0.810. The molecule has 84 valence electrons. The Morgan fingerprint density at radius 2 is 1.88 bits per heavy atom. The number of fused-ring (bicyclic) bond motifs is 1. The highest BCUT2D eigenvalue weighted by Crippen LogP contribution is 2.35. The molecule has 0 radical (unpaired) electrons. The second-order valence-corrected chi connectivity index (χ2v) is 4.46. The molecular weight excluding hydrogens is 306 g/mol. The van der Waals surface area contributed by atoms with Crippen LogP contribution in [0.3, 0.4) is 0 Å². The molecule has 0 fully saturated rings. The average molecular weight is 311 g/mol. The lowest BCUT2D eigenvalue weighted by Crippen LogP contribution is -2.08. The van der Waals surface area contributed by atoms with Crippen molar-refractivity contribution >= 4 is 38.3 Å². The van der Waals surface area contributed by atoms with Gasteiger partial charge in [-0.25, -0.2) is 4.98 Å². The molecule has 0 aliphatic carbocycles. The summed E-state index contributed by atoms with van der Waals surface area (Å²) < 4.78 is 38.6. The number of alkyl halides is 3. The van der Waals surface area contributed by atoms with Gasteiger partial charge in [0.2, 0.25) is 0 Å². The van der Waals surface area contributed by atoms with Gasteiger partial charge in [-0.2, -0.15) is 13.2 Å². The third kappa shape index (κ3) is 2.15. The highest BCUT2D eigenvalue weighted by molar-refractivity contribution is 9.10. The fraction of sp³-hybridized carbons (Fsp3) is 0.100. The quantitative estimate of drug-likeness (QED) is 0.644. The molecule has 2 rings (SSSR count). The smallest absolute Gasteiger partial charge is 0.231 e. The van der Waals surface area contributed by atoms with E-state index >= 15 is 0 Å². The minimum atomic E-state index is -4.51. The molecule has 0 N–H and O–H groups in total. The molecule has 0 aliphatic heterocycles. The van der Waals surface area contributed by atoms with Crippen LogP contribution in [0.1, 0.15) is 5.69 Å². The standard InChI is InChI=1S/C10H4BrClF3N/c11-6-2-1-5-3-8(12)16-9(7(5)4-6)10(13,14)15/h1-4H. The number of nitrogens with zero attached hydrogens (tertiary/aromatic N) is 1. The lowest BCUT2D eigenvalue weighted by Gasteiger charge is -2.10. The van der Waals surface area contributed by atoms with Crippen LogP contribution in [0.15, 0.2) is 28.7 Å². The van der Waals surface area contributed by atoms with Crippen LogP contribution >= 0.6 is 27.5 Å². The maximum atomic E-state index is 12.7. The molecule has 0 spiro atoms. The van der Waals surface area contributed by atoms with Crippen LogP contribution in [0.4, 0.5) is 13.2 Å². The van der Waals surface area contributed by atoms with E-state index in [2.05, 4.69) is 20.9 Å². The molecular formula is C10H4BrClF3N. The number of pyridine rings is 1. The Kier molecular flexibility index (Phi) is 2.84. The van der Waals surface area contributed by atoms with E-state index in [4.69, 9.17) is 11.6 Å². The van der Waals surface area contributed by atoms with E-state index < -0.39 is 11.9 Å². The van der Waals surface area contributed by atoms with Crippen LogP contribution in [0, 0.1) is 0 Å². The fourth-order valence-electron chi connectivity index (χ4n) is 1.40. The summed E-state index contributed by atoms with van der Waals surface area (Å²) in [6, 6.07) is 5.99. The van der Waals surface area contributed by atoms with Crippen LogP contribution in [0.2, 0.25) is 5.15 Å². The topological polar surface area (TPSA) is 12.9 Å². The van der Waals surface area contributed by atoms with Crippen molar-refractivity contribution in [2.24, 2.45) is 0 Å². The zero-order chi connectivity index (χ0) is 11.9. The highest BCUT2D eigenvalue weighted by atomic mass is 79.9. The van der Waals surface area contributed by atoms with Gasteiger partial charge in [0, 0.05) is 9.86 Å². The molecule has 0 amide bonds. The third-order valence-electron chi connectivity index (χ3n) is 2.03. The van der Waals surface area contributed by atoms with Crippen LogP contribution in [0.5, 0.6) is 0 Å². The summed E-state index contributed by atoms with van der Waals surface area (Å²) in [6.45, 7) is 0. The number of hydrogen-bond acceptors (Lipinski definition) is 1. The van der Waals surface area contributed by atoms with E-state index in [1.165, 1.54) is 12.1 Å². The predicted octanol–water partition coefficient (Wildman–Crippen LogP) is 4.67. The Morgan fingerprint density at radius 1 is 1.19 bits per heavy atom. The van der Waals surface area contributed by atoms with Crippen LogP contribution in [-0.2, 0) is 6.18 Å². The second kappa shape index (κ2) is 3.89. The van der Waals surface area contributed by atoms with Gasteiger partial charge in [-0.15, -0.1) is 0 Å². The van der Waals surface area contributed by atoms with Crippen molar-refractivity contribution in [3.8, 4) is 0 Å². The Balaban J connectivity index is 2.85. The van der Waals surface area contributed by atoms with Crippen molar-refractivity contribution < 1.29 is 13.2 Å². The lowest BCUT2D eigenvalue weighted by atomic mass is 10.1. The van der Waals surface area contributed by atoms with Crippen molar-refractivity contribution in [1.29, 1.82) is 0 Å². The van der Waals surface area contributed by atoms with Crippen LogP contribution in [-0.4, -0.2) is 4.98 Å². The summed E-state index contributed by atoms with van der Waals surface area (Å²) in [5.74, 6) is 0. The van der Waals surface area contributed by atoms with Gasteiger partial charge in [0.1, 0.15) is 5.15 Å². The lowest BCUT2D eigenvalue weighted by molar-refractivity contribution is -0.139. The van der Waals surface area contributed by atoms with E-state index in [1.807, 2.05) is 0 Å². The van der Waals surface area contributed by atoms with Gasteiger partial charge in [-0.1, -0.05) is 33.6 Å². The van der Waals surface area contributed by atoms with E-state index in [1.54, 1.807) is 12.1 Å². The molecule has 0 aliphatic rings. The summed E-state index contributed by atoms with van der Waals surface area (Å²) in [5.41, 5.74) is -0.962. The SMILES string of the molecule is FC(F)(F)c1nc(Cl)cc2ccc(Br)cc12. The zero-order valence-electron chi connectivity index (χ0n) is 7.65. The van der Waals surface area contributed by atoms with Crippen molar-refractivity contribution in [3.05, 3.63) is 39.6 Å². The van der Waals surface area contributed by atoms with Gasteiger partial charge < -0.3 is 0 Å². The summed E-state index contributed by atoms with van der Waals surface area (Å²) in [7, 11) is 0. The molecule has 1 heterocycles. The number of aromatic nitrogens is 1. The molecule has 0 saturated carbocycles. The summed E-state index contributed by atoms with van der Waals surface area (Å²) >= 11 is 8.67. The largest absolute Gasteiger partial charge is 0.434 e. The Bertz CT molecular complexity index is 553. The number of halogens is 5. The summed E-state index contributed by atoms with van der Waals surface area (Å²) in [4.78, 5) is 3.33. The van der Waals surface area contributed by atoms with Crippen molar-refractivity contribution in [2.45, 2.75) is 6.18 Å². The normalized spacial score (nSPS) is 12.1. The monoisotopic (exact) mass is 309 g/mol. The highest BCUT2D eigenvalue weighted by Gasteiger charge is 2.35.